The molecule has 96 valence electrons. The molecule has 0 N–H and O–H groups in total. The summed E-state index contributed by atoms with van der Waals surface area (Å²) in [6.45, 7) is 2.51. The number of hydrogen-bond donors (Lipinski definition) is 0. The first-order chi connectivity index (χ1) is 8.70. The van der Waals surface area contributed by atoms with Crippen molar-refractivity contribution < 1.29 is 4.74 Å². The van der Waals surface area contributed by atoms with Crippen LogP contribution in [0.15, 0.2) is 22.7 Å². The average molecular weight is 309 g/mol. The molecule has 0 heterocycles. The standard InChI is InChI=1S/C14H17BrN2O/c1-17(6-7-18-10-11-2-3-11)14-5-4-12(9-16)8-13(14)15/h4-5,8,11H,2-3,6-7,10H2,1H3. The highest BCUT2D eigenvalue weighted by molar-refractivity contribution is 9.10. The van der Waals surface area contributed by atoms with E-state index in [1.807, 2.05) is 25.2 Å². The second-order valence-corrected chi connectivity index (χ2v) is 5.57. The molecule has 0 bridgehead atoms. The largest absolute Gasteiger partial charge is 0.379 e. The molecule has 0 radical (unpaired) electrons. The highest BCUT2D eigenvalue weighted by atomic mass is 79.9. The van der Waals surface area contributed by atoms with Crippen LogP contribution in [0, 0.1) is 17.2 Å². The summed E-state index contributed by atoms with van der Waals surface area (Å²) in [4.78, 5) is 2.14. The molecule has 0 amide bonds. The molecular weight excluding hydrogens is 292 g/mol. The van der Waals surface area contributed by atoms with Gasteiger partial charge in [0.25, 0.3) is 0 Å². The maximum absolute atomic E-state index is 8.82. The third-order valence-corrected chi connectivity index (χ3v) is 3.74. The number of rotatable bonds is 6. The molecule has 1 aliphatic rings. The third kappa shape index (κ3) is 3.72. The van der Waals surface area contributed by atoms with Crippen LogP contribution in [0.5, 0.6) is 0 Å². The van der Waals surface area contributed by atoms with Crippen molar-refractivity contribution in [1.29, 1.82) is 5.26 Å². The second-order valence-electron chi connectivity index (χ2n) is 4.72. The van der Waals surface area contributed by atoms with Crippen LogP contribution in [0.1, 0.15) is 18.4 Å². The van der Waals surface area contributed by atoms with Gasteiger partial charge >= 0.3 is 0 Å². The van der Waals surface area contributed by atoms with Gasteiger partial charge in [-0.15, -0.1) is 0 Å². The van der Waals surface area contributed by atoms with Gasteiger partial charge in [0, 0.05) is 24.7 Å². The van der Waals surface area contributed by atoms with E-state index >= 15 is 0 Å². The van der Waals surface area contributed by atoms with Gasteiger partial charge in [0.1, 0.15) is 0 Å². The van der Waals surface area contributed by atoms with Crippen LogP contribution in [0.2, 0.25) is 0 Å². The molecule has 1 aromatic carbocycles. The number of likely N-dealkylation sites (N-methyl/N-ethyl adjacent to an activating group) is 1. The Morgan fingerprint density at radius 1 is 1.50 bits per heavy atom. The third-order valence-electron chi connectivity index (χ3n) is 3.11. The summed E-state index contributed by atoms with van der Waals surface area (Å²) in [6, 6.07) is 7.77. The lowest BCUT2D eigenvalue weighted by molar-refractivity contribution is 0.131. The zero-order valence-corrected chi connectivity index (χ0v) is 12.1. The first-order valence-corrected chi connectivity index (χ1v) is 6.98. The molecule has 1 aromatic rings. The van der Waals surface area contributed by atoms with E-state index in [9.17, 15) is 0 Å². The summed E-state index contributed by atoms with van der Waals surface area (Å²) in [5.41, 5.74) is 1.76. The van der Waals surface area contributed by atoms with Crippen LogP contribution < -0.4 is 4.90 Å². The summed E-state index contributed by atoms with van der Waals surface area (Å²) in [6.07, 6.45) is 2.66. The summed E-state index contributed by atoms with van der Waals surface area (Å²) in [5.74, 6) is 0.817. The van der Waals surface area contributed by atoms with Crippen molar-refractivity contribution in [3.63, 3.8) is 0 Å². The molecule has 0 spiro atoms. The van der Waals surface area contributed by atoms with Crippen molar-refractivity contribution in [3.8, 4) is 6.07 Å². The number of nitrogens with zero attached hydrogens (tertiary/aromatic N) is 2. The fourth-order valence-corrected chi connectivity index (χ4v) is 2.42. The van der Waals surface area contributed by atoms with Gasteiger partial charge in [-0.25, -0.2) is 0 Å². The SMILES string of the molecule is CN(CCOCC1CC1)c1ccc(C#N)cc1Br. The summed E-state index contributed by atoms with van der Waals surface area (Å²) < 4.78 is 6.58. The van der Waals surface area contributed by atoms with Crippen molar-refractivity contribution in [2.75, 3.05) is 31.7 Å². The molecule has 0 aliphatic heterocycles. The summed E-state index contributed by atoms with van der Waals surface area (Å²) in [7, 11) is 2.03. The minimum Gasteiger partial charge on any atom is -0.379 e. The number of ether oxygens (including phenoxy) is 1. The minimum absolute atomic E-state index is 0.670. The number of anilines is 1. The number of hydrogen-bond acceptors (Lipinski definition) is 3. The number of benzene rings is 1. The van der Waals surface area contributed by atoms with Gasteiger partial charge in [0.05, 0.1) is 23.9 Å². The monoisotopic (exact) mass is 308 g/mol. The van der Waals surface area contributed by atoms with E-state index in [2.05, 4.69) is 26.9 Å². The lowest BCUT2D eigenvalue weighted by Gasteiger charge is -2.20. The predicted octanol–water partition coefficient (Wildman–Crippen LogP) is 3.18. The maximum atomic E-state index is 8.82. The summed E-state index contributed by atoms with van der Waals surface area (Å²) in [5, 5.41) is 8.82. The smallest absolute Gasteiger partial charge is 0.0992 e. The fraction of sp³-hybridized carbons (Fsp3) is 0.500. The van der Waals surface area contributed by atoms with E-state index in [0.717, 1.165) is 35.8 Å². The van der Waals surface area contributed by atoms with Crippen LogP contribution in [0.25, 0.3) is 0 Å². The van der Waals surface area contributed by atoms with Crippen LogP contribution in [-0.2, 0) is 4.74 Å². The molecule has 18 heavy (non-hydrogen) atoms. The van der Waals surface area contributed by atoms with E-state index in [4.69, 9.17) is 10.00 Å². The lowest BCUT2D eigenvalue weighted by atomic mass is 10.2. The van der Waals surface area contributed by atoms with E-state index in [-0.39, 0.29) is 0 Å². The van der Waals surface area contributed by atoms with Gasteiger partial charge in [0.15, 0.2) is 0 Å². The molecule has 3 nitrogen and oxygen atoms in total. The first-order valence-electron chi connectivity index (χ1n) is 6.19. The van der Waals surface area contributed by atoms with Gasteiger partial charge in [0.2, 0.25) is 0 Å². The average Bonchev–Trinajstić information content (AvgIpc) is 3.18. The Morgan fingerprint density at radius 2 is 2.28 bits per heavy atom. The maximum Gasteiger partial charge on any atom is 0.0992 e. The molecule has 4 heteroatoms. The fourth-order valence-electron chi connectivity index (χ4n) is 1.74. The molecule has 0 atom stereocenters. The molecule has 2 rings (SSSR count). The summed E-state index contributed by atoms with van der Waals surface area (Å²) >= 11 is 3.50. The van der Waals surface area contributed by atoms with Crippen LogP contribution >= 0.6 is 15.9 Å². The van der Waals surface area contributed by atoms with Gasteiger partial charge in [-0.3, -0.25) is 0 Å². The molecule has 1 fully saturated rings. The van der Waals surface area contributed by atoms with Gasteiger partial charge in [-0.2, -0.15) is 5.26 Å². The highest BCUT2D eigenvalue weighted by Gasteiger charge is 2.21. The minimum atomic E-state index is 0.670. The molecule has 1 aliphatic carbocycles. The van der Waals surface area contributed by atoms with Crippen LogP contribution in [0.3, 0.4) is 0 Å². The predicted molar refractivity (Wildman–Crippen MR) is 75.7 cm³/mol. The zero-order valence-electron chi connectivity index (χ0n) is 10.5. The van der Waals surface area contributed by atoms with E-state index < -0.39 is 0 Å². The quantitative estimate of drug-likeness (QED) is 0.757. The Hall–Kier alpha value is -1.05. The van der Waals surface area contributed by atoms with Crippen LogP contribution in [-0.4, -0.2) is 26.8 Å². The molecule has 0 unspecified atom stereocenters. The van der Waals surface area contributed by atoms with Crippen molar-refractivity contribution in [1.82, 2.24) is 0 Å². The Bertz CT molecular complexity index is 452. The Kier molecular flexibility index (Phi) is 4.62. The molecular formula is C14H17BrN2O. The topological polar surface area (TPSA) is 36.3 Å². The van der Waals surface area contributed by atoms with E-state index in [0.29, 0.717) is 5.56 Å². The van der Waals surface area contributed by atoms with Crippen molar-refractivity contribution >= 4 is 21.6 Å². The Labute approximate surface area is 116 Å². The number of halogens is 1. The molecule has 0 aromatic heterocycles. The van der Waals surface area contributed by atoms with Gasteiger partial charge < -0.3 is 9.64 Å². The van der Waals surface area contributed by atoms with E-state index in [1.54, 1.807) is 0 Å². The second kappa shape index (κ2) is 6.21. The van der Waals surface area contributed by atoms with Crippen molar-refractivity contribution in [2.24, 2.45) is 5.92 Å². The van der Waals surface area contributed by atoms with Gasteiger partial charge in [-0.1, -0.05) is 0 Å². The van der Waals surface area contributed by atoms with Crippen molar-refractivity contribution in [2.45, 2.75) is 12.8 Å². The Balaban J connectivity index is 1.83. The zero-order chi connectivity index (χ0) is 13.0. The van der Waals surface area contributed by atoms with E-state index in [1.165, 1.54) is 12.8 Å². The van der Waals surface area contributed by atoms with Crippen LogP contribution in [0.4, 0.5) is 5.69 Å². The van der Waals surface area contributed by atoms with Gasteiger partial charge in [-0.05, 0) is 52.9 Å². The normalized spacial score (nSPS) is 14.3. The molecule has 1 saturated carbocycles. The van der Waals surface area contributed by atoms with Crippen molar-refractivity contribution in [3.05, 3.63) is 28.2 Å². The first kappa shape index (κ1) is 13.4. The lowest BCUT2D eigenvalue weighted by Crippen LogP contribution is -2.23. The Morgan fingerprint density at radius 3 is 2.89 bits per heavy atom. The number of nitriles is 1. The molecule has 0 saturated heterocycles. The highest BCUT2D eigenvalue weighted by Crippen LogP contribution is 2.29.